The predicted molar refractivity (Wildman–Crippen MR) is 133 cm³/mol. The Hall–Kier alpha value is -3.59. The molecule has 0 saturated heterocycles. The number of esters is 1. The SMILES string of the molecule is COC(=O)[C@@H](CO)NC(=O)[C@H]1CC[C@H](c2ccc(NC(=O)Nc3cc(C)ccc3OC)cc2)CC1. The van der Waals surface area contributed by atoms with Crippen molar-refractivity contribution in [2.45, 2.75) is 44.6 Å². The summed E-state index contributed by atoms with van der Waals surface area (Å²) in [6, 6.07) is 11.9. The van der Waals surface area contributed by atoms with Gasteiger partial charge in [-0.2, -0.15) is 0 Å². The molecule has 0 spiro atoms. The van der Waals surface area contributed by atoms with Crippen LogP contribution in [0, 0.1) is 12.8 Å². The monoisotopic (exact) mass is 483 g/mol. The van der Waals surface area contributed by atoms with Crippen LogP contribution in [0.15, 0.2) is 42.5 Å². The summed E-state index contributed by atoms with van der Waals surface area (Å²) >= 11 is 0. The van der Waals surface area contributed by atoms with Crippen molar-refractivity contribution in [3.8, 4) is 5.75 Å². The standard InChI is InChI=1S/C26H33N3O6/c1-16-4-13-23(34-2)21(14-16)29-26(33)27-20-11-9-18(10-12-20)17-5-7-19(8-6-17)24(31)28-22(15-30)25(32)35-3/h4,9-14,17,19,22,30H,5-8,15H2,1-3H3,(H,28,31)(H2,27,29,33)/t17-,19-,22-/m1/s1. The predicted octanol–water partition coefficient (Wildman–Crippen LogP) is 3.57. The molecular formula is C26H33N3O6. The molecule has 1 atom stereocenters. The van der Waals surface area contributed by atoms with E-state index in [2.05, 4.69) is 20.7 Å². The molecule has 0 bridgehead atoms. The van der Waals surface area contributed by atoms with E-state index in [1.54, 1.807) is 7.11 Å². The Kier molecular flexibility index (Phi) is 9.08. The normalized spacial score (nSPS) is 18.2. The van der Waals surface area contributed by atoms with Crippen molar-refractivity contribution in [1.82, 2.24) is 5.32 Å². The van der Waals surface area contributed by atoms with E-state index >= 15 is 0 Å². The van der Waals surface area contributed by atoms with Crippen LogP contribution in [-0.2, 0) is 14.3 Å². The molecule has 2 aromatic rings. The second kappa shape index (κ2) is 12.2. The zero-order valence-corrected chi connectivity index (χ0v) is 20.3. The molecule has 0 unspecified atom stereocenters. The van der Waals surface area contributed by atoms with Crippen LogP contribution in [0.2, 0.25) is 0 Å². The van der Waals surface area contributed by atoms with Crippen LogP contribution >= 0.6 is 0 Å². The van der Waals surface area contributed by atoms with Gasteiger partial charge in [-0.05, 0) is 73.9 Å². The molecule has 4 N–H and O–H groups in total. The topological polar surface area (TPSA) is 126 Å². The van der Waals surface area contributed by atoms with Gasteiger partial charge in [-0.25, -0.2) is 9.59 Å². The van der Waals surface area contributed by atoms with E-state index in [-0.39, 0.29) is 17.9 Å². The Morgan fingerprint density at radius 2 is 1.69 bits per heavy atom. The first-order chi connectivity index (χ1) is 16.8. The summed E-state index contributed by atoms with van der Waals surface area (Å²) in [5, 5.41) is 17.5. The second-order valence-electron chi connectivity index (χ2n) is 8.72. The quantitative estimate of drug-likeness (QED) is 0.425. The average molecular weight is 484 g/mol. The van der Waals surface area contributed by atoms with Gasteiger partial charge in [0.2, 0.25) is 5.91 Å². The van der Waals surface area contributed by atoms with E-state index in [0.717, 1.165) is 24.0 Å². The van der Waals surface area contributed by atoms with E-state index in [1.807, 2.05) is 49.4 Å². The molecule has 0 radical (unpaired) electrons. The third-order valence-electron chi connectivity index (χ3n) is 6.33. The molecule has 0 heterocycles. The third-order valence-corrected chi connectivity index (χ3v) is 6.33. The van der Waals surface area contributed by atoms with Crippen LogP contribution in [0.4, 0.5) is 16.2 Å². The summed E-state index contributed by atoms with van der Waals surface area (Å²) in [6.07, 6.45) is 3.05. The number of ether oxygens (including phenoxy) is 2. The minimum atomic E-state index is -1.03. The van der Waals surface area contributed by atoms with Gasteiger partial charge in [0.25, 0.3) is 0 Å². The van der Waals surface area contributed by atoms with Crippen LogP contribution in [0.3, 0.4) is 0 Å². The average Bonchev–Trinajstić information content (AvgIpc) is 2.87. The van der Waals surface area contributed by atoms with Gasteiger partial charge in [-0.15, -0.1) is 0 Å². The van der Waals surface area contributed by atoms with Crippen molar-refractivity contribution < 1.29 is 29.0 Å². The highest BCUT2D eigenvalue weighted by atomic mass is 16.5. The molecule has 1 saturated carbocycles. The molecule has 2 aromatic carbocycles. The van der Waals surface area contributed by atoms with Gasteiger partial charge >= 0.3 is 12.0 Å². The van der Waals surface area contributed by atoms with E-state index in [4.69, 9.17) is 4.74 Å². The minimum absolute atomic E-state index is 0.201. The molecule has 0 aromatic heterocycles. The number of aryl methyl sites for hydroxylation is 1. The van der Waals surface area contributed by atoms with Gasteiger partial charge in [0, 0.05) is 11.6 Å². The number of benzene rings is 2. The number of hydrogen-bond acceptors (Lipinski definition) is 6. The van der Waals surface area contributed by atoms with Gasteiger partial charge in [-0.3, -0.25) is 4.79 Å². The first-order valence-corrected chi connectivity index (χ1v) is 11.7. The molecule has 35 heavy (non-hydrogen) atoms. The molecule has 3 amide bonds. The summed E-state index contributed by atoms with van der Waals surface area (Å²) in [6.45, 7) is 1.44. The van der Waals surface area contributed by atoms with Crippen LogP contribution in [0.5, 0.6) is 5.75 Å². The first kappa shape index (κ1) is 26.0. The molecule has 9 nitrogen and oxygen atoms in total. The highest BCUT2D eigenvalue weighted by molar-refractivity contribution is 6.00. The number of carbonyl (C=O) groups excluding carboxylic acids is 3. The van der Waals surface area contributed by atoms with E-state index in [0.29, 0.717) is 35.9 Å². The van der Waals surface area contributed by atoms with Gasteiger partial charge in [0.15, 0.2) is 6.04 Å². The molecular weight excluding hydrogens is 450 g/mol. The number of aliphatic hydroxyl groups excluding tert-OH is 1. The number of urea groups is 1. The van der Waals surface area contributed by atoms with Crippen molar-refractivity contribution in [3.05, 3.63) is 53.6 Å². The van der Waals surface area contributed by atoms with Gasteiger partial charge in [-0.1, -0.05) is 18.2 Å². The number of aliphatic hydroxyl groups is 1. The number of nitrogens with one attached hydrogen (secondary N) is 3. The number of carbonyl (C=O) groups is 3. The Morgan fingerprint density at radius 3 is 2.29 bits per heavy atom. The number of amides is 3. The van der Waals surface area contributed by atoms with Gasteiger partial charge in [0.05, 0.1) is 26.5 Å². The fourth-order valence-corrected chi connectivity index (χ4v) is 4.34. The summed E-state index contributed by atoms with van der Waals surface area (Å²) in [7, 11) is 2.78. The largest absolute Gasteiger partial charge is 0.495 e. The maximum Gasteiger partial charge on any atom is 0.330 e. The number of rotatable bonds is 8. The third kappa shape index (κ3) is 6.95. The lowest BCUT2D eigenvalue weighted by molar-refractivity contribution is -0.146. The Labute approximate surface area is 205 Å². The lowest BCUT2D eigenvalue weighted by Crippen LogP contribution is -2.46. The summed E-state index contributed by atoms with van der Waals surface area (Å²) in [5.41, 5.74) is 3.43. The number of anilines is 2. The van der Waals surface area contributed by atoms with Crippen molar-refractivity contribution in [3.63, 3.8) is 0 Å². The van der Waals surface area contributed by atoms with Gasteiger partial charge < -0.3 is 30.5 Å². The van der Waals surface area contributed by atoms with Crippen LogP contribution in [0.25, 0.3) is 0 Å². The Bertz CT molecular complexity index is 1030. The van der Waals surface area contributed by atoms with Crippen LogP contribution in [-0.4, -0.2) is 49.9 Å². The molecule has 3 rings (SSSR count). The zero-order chi connectivity index (χ0) is 25.4. The lowest BCUT2D eigenvalue weighted by atomic mass is 9.78. The van der Waals surface area contributed by atoms with Crippen molar-refractivity contribution in [2.75, 3.05) is 31.5 Å². The van der Waals surface area contributed by atoms with E-state index in [1.165, 1.54) is 7.11 Å². The van der Waals surface area contributed by atoms with Gasteiger partial charge in [0.1, 0.15) is 5.75 Å². The summed E-state index contributed by atoms with van der Waals surface area (Å²) in [4.78, 5) is 36.5. The first-order valence-electron chi connectivity index (χ1n) is 11.7. The summed E-state index contributed by atoms with van der Waals surface area (Å²) in [5.74, 6) is -0.192. The smallest absolute Gasteiger partial charge is 0.330 e. The van der Waals surface area contributed by atoms with E-state index in [9.17, 15) is 19.5 Å². The highest BCUT2D eigenvalue weighted by Gasteiger charge is 2.30. The zero-order valence-electron chi connectivity index (χ0n) is 20.3. The summed E-state index contributed by atoms with van der Waals surface area (Å²) < 4.78 is 9.89. The Morgan fingerprint density at radius 1 is 1.00 bits per heavy atom. The van der Waals surface area contributed by atoms with Crippen LogP contribution in [0.1, 0.15) is 42.7 Å². The minimum Gasteiger partial charge on any atom is -0.495 e. The fourth-order valence-electron chi connectivity index (χ4n) is 4.34. The fraction of sp³-hybridized carbons (Fsp3) is 0.423. The molecule has 1 aliphatic rings. The molecule has 0 aliphatic heterocycles. The molecule has 1 fully saturated rings. The van der Waals surface area contributed by atoms with Crippen molar-refractivity contribution in [1.29, 1.82) is 0 Å². The second-order valence-corrected chi connectivity index (χ2v) is 8.72. The lowest BCUT2D eigenvalue weighted by Gasteiger charge is -2.29. The maximum absolute atomic E-state index is 12.5. The Balaban J connectivity index is 1.51. The van der Waals surface area contributed by atoms with Crippen LogP contribution < -0.4 is 20.7 Å². The number of hydrogen-bond donors (Lipinski definition) is 4. The highest BCUT2D eigenvalue weighted by Crippen LogP contribution is 2.36. The van der Waals surface area contributed by atoms with Crippen molar-refractivity contribution in [2.24, 2.45) is 5.92 Å². The maximum atomic E-state index is 12.5. The molecule has 1 aliphatic carbocycles. The number of methoxy groups -OCH3 is 2. The van der Waals surface area contributed by atoms with E-state index < -0.39 is 18.6 Å². The molecule has 9 heteroatoms. The van der Waals surface area contributed by atoms with Crippen molar-refractivity contribution >= 4 is 29.3 Å². The molecule has 188 valence electrons.